The number of anilines is 1. The molecule has 3 heteroatoms. The highest BCUT2D eigenvalue weighted by atomic mass is 16.1. The molecular weight excluding hydrogens is 368 g/mol. The fourth-order valence-electron chi connectivity index (χ4n) is 4.52. The molecule has 1 aliphatic carbocycles. The summed E-state index contributed by atoms with van der Waals surface area (Å²) in [5.74, 6) is 0.258. The minimum Gasteiger partial charge on any atom is -0.326 e. The van der Waals surface area contributed by atoms with E-state index in [0.29, 0.717) is 5.92 Å². The van der Waals surface area contributed by atoms with Gasteiger partial charge in [-0.25, -0.2) is 0 Å². The summed E-state index contributed by atoms with van der Waals surface area (Å²) in [6, 6.07) is 31.3. The van der Waals surface area contributed by atoms with Crippen molar-refractivity contribution in [3.8, 4) is 11.1 Å². The van der Waals surface area contributed by atoms with E-state index in [4.69, 9.17) is 5.73 Å². The molecule has 0 heterocycles. The van der Waals surface area contributed by atoms with Crippen molar-refractivity contribution in [3.63, 3.8) is 0 Å². The van der Waals surface area contributed by atoms with Crippen LogP contribution in [0.1, 0.15) is 30.4 Å². The summed E-state index contributed by atoms with van der Waals surface area (Å²) >= 11 is 0. The van der Waals surface area contributed by atoms with Gasteiger partial charge in [-0.15, -0.1) is 0 Å². The molecule has 0 spiro atoms. The molecule has 1 fully saturated rings. The van der Waals surface area contributed by atoms with Crippen molar-refractivity contribution in [2.24, 2.45) is 5.73 Å². The van der Waals surface area contributed by atoms with E-state index in [2.05, 4.69) is 53.8 Å². The third kappa shape index (κ3) is 3.17. The lowest BCUT2D eigenvalue weighted by Gasteiger charge is -2.15. The highest BCUT2D eigenvalue weighted by molar-refractivity contribution is 6.06. The molecule has 5 rings (SSSR count). The van der Waals surface area contributed by atoms with Gasteiger partial charge in [0.05, 0.1) is 0 Å². The summed E-state index contributed by atoms with van der Waals surface area (Å²) in [5.41, 5.74) is 11.8. The molecule has 0 aliphatic heterocycles. The molecule has 0 bridgehead atoms. The fraction of sp³-hybridized carbons (Fsp3) is 0.148. The smallest absolute Gasteiger partial charge is 0.221 e. The molecular formula is C27H24N2O. The van der Waals surface area contributed by atoms with Crippen molar-refractivity contribution in [2.75, 3.05) is 5.32 Å². The Kier molecular flexibility index (Phi) is 4.41. The van der Waals surface area contributed by atoms with Crippen molar-refractivity contribution >= 4 is 22.4 Å². The summed E-state index contributed by atoms with van der Waals surface area (Å²) < 4.78 is 0. The average molecular weight is 393 g/mol. The highest BCUT2D eigenvalue weighted by Gasteiger charge is 2.52. The maximum Gasteiger partial charge on any atom is 0.221 e. The van der Waals surface area contributed by atoms with Gasteiger partial charge in [0.1, 0.15) is 0 Å². The number of benzene rings is 4. The Labute approximate surface area is 176 Å². The van der Waals surface area contributed by atoms with E-state index in [1.165, 1.54) is 11.1 Å². The van der Waals surface area contributed by atoms with E-state index in [9.17, 15) is 4.79 Å². The van der Waals surface area contributed by atoms with E-state index in [-0.39, 0.29) is 11.4 Å². The molecule has 4 aromatic carbocycles. The number of nitrogens with one attached hydrogen (secondary N) is 1. The Morgan fingerprint density at radius 2 is 1.60 bits per heavy atom. The fourth-order valence-corrected chi connectivity index (χ4v) is 4.52. The van der Waals surface area contributed by atoms with Crippen LogP contribution in [0, 0.1) is 0 Å². The minimum absolute atomic E-state index is 0.0723. The lowest BCUT2D eigenvalue weighted by atomic mass is 9.94. The average Bonchev–Trinajstić information content (AvgIpc) is 3.47. The molecule has 3 nitrogen and oxygen atoms in total. The van der Waals surface area contributed by atoms with Gasteiger partial charge in [0, 0.05) is 29.6 Å². The molecule has 1 amide bonds. The molecule has 0 aromatic heterocycles. The molecule has 148 valence electrons. The normalized spacial score (nSPS) is 20.1. The van der Waals surface area contributed by atoms with Crippen molar-refractivity contribution in [3.05, 3.63) is 102 Å². The van der Waals surface area contributed by atoms with Gasteiger partial charge in [0.15, 0.2) is 0 Å². The number of carbonyl (C=O) groups excluding carboxylic acids is 1. The summed E-state index contributed by atoms with van der Waals surface area (Å²) in [7, 11) is 0. The second-order valence-electron chi connectivity index (χ2n) is 8.18. The lowest BCUT2D eigenvalue weighted by molar-refractivity contribution is -0.114. The lowest BCUT2D eigenvalue weighted by Crippen LogP contribution is -2.21. The zero-order valence-electron chi connectivity index (χ0n) is 16.9. The van der Waals surface area contributed by atoms with E-state index in [1.807, 2.05) is 42.5 Å². The van der Waals surface area contributed by atoms with Crippen molar-refractivity contribution in [2.45, 2.75) is 24.8 Å². The van der Waals surface area contributed by atoms with Crippen molar-refractivity contribution < 1.29 is 4.79 Å². The zero-order chi connectivity index (χ0) is 20.7. The first-order chi connectivity index (χ1) is 14.6. The summed E-state index contributed by atoms with van der Waals surface area (Å²) in [6.45, 7) is 1.54. The van der Waals surface area contributed by atoms with Crippen molar-refractivity contribution in [1.82, 2.24) is 0 Å². The van der Waals surface area contributed by atoms with Crippen LogP contribution in [0.25, 0.3) is 21.9 Å². The van der Waals surface area contributed by atoms with Gasteiger partial charge >= 0.3 is 0 Å². The first-order valence-corrected chi connectivity index (χ1v) is 10.3. The number of rotatable bonds is 4. The Hall–Kier alpha value is -3.43. The van der Waals surface area contributed by atoms with Gasteiger partial charge in [-0.3, -0.25) is 4.79 Å². The maximum absolute atomic E-state index is 11.8. The second-order valence-corrected chi connectivity index (χ2v) is 8.18. The van der Waals surface area contributed by atoms with Crippen LogP contribution < -0.4 is 11.1 Å². The molecule has 1 saturated carbocycles. The molecule has 0 saturated heterocycles. The number of fused-ring (bicyclic) bond motifs is 1. The van der Waals surface area contributed by atoms with Gasteiger partial charge in [0.25, 0.3) is 0 Å². The van der Waals surface area contributed by atoms with Crippen LogP contribution in [0.15, 0.2) is 91.0 Å². The largest absolute Gasteiger partial charge is 0.326 e. The number of nitrogens with two attached hydrogens (primary N) is 1. The van der Waals surface area contributed by atoms with Crippen molar-refractivity contribution in [1.29, 1.82) is 0 Å². The van der Waals surface area contributed by atoms with E-state index < -0.39 is 0 Å². The molecule has 3 N–H and O–H groups in total. The molecule has 4 aromatic rings. The molecule has 30 heavy (non-hydrogen) atoms. The standard InChI is InChI=1S/C27H24N2O/c1-18(30)29-25-16-15-19-7-5-6-10-23(19)26(25)21-13-11-20(12-14-21)24-17-27(24,28)22-8-3-2-4-9-22/h2-16,24H,17,28H2,1H3,(H,29,30). The Morgan fingerprint density at radius 3 is 2.33 bits per heavy atom. The van der Waals surface area contributed by atoms with Crippen LogP contribution in [-0.2, 0) is 10.3 Å². The summed E-state index contributed by atoms with van der Waals surface area (Å²) in [5, 5.41) is 5.27. The van der Waals surface area contributed by atoms with Gasteiger partial charge in [-0.2, -0.15) is 0 Å². The Balaban J connectivity index is 1.52. The second kappa shape index (κ2) is 7.12. The van der Waals surface area contributed by atoms with Crippen LogP contribution in [-0.4, -0.2) is 5.91 Å². The monoisotopic (exact) mass is 392 g/mol. The zero-order valence-corrected chi connectivity index (χ0v) is 16.9. The number of hydrogen-bond acceptors (Lipinski definition) is 2. The van der Waals surface area contributed by atoms with Gasteiger partial charge < -0.3 is 11.1 Å². The first-order valence-electron chi connectivity index (χ1n) is 10.3. The number of amides is 1. The van der Waals surface area contributed by atoms with E-state index in [0.717, 1.165) is 34.0 Å². The summed E-state index contributed by atoms with van der Waals surface area (Å²) in [6.07, 6.45) is 0.960. The molecule has 2 atom stereocenters. The summed E-state index contributed by atoms with van der Waals surface area (Å²) in [4.78, 5) is 11.8. The highest BCUT2D eigenvalue weighted by Crippen LogP contribution is 2.56. The van der Waals surface area contributed by atoms with E-state index >= 15 is 0 Å². The third-order valence-electron chi connectivity index (χ3n) is 6.16. The van der Waals surface area contributed by atoms with Gasteiger partial charge in [-0.05, 0) is 39.9 Å². The third-order valence-corrected chi connectivity index (χ3v) is 6.16. The molecule has 0 radical (unpaired) electrons. The van der Waals surface area contributed by atoms with Crippen LogP contribution >= 0.6 is 0 Å². The van der Waals surface area contributed by atoms with Crippen LogP contribution in [0.5, 0.6) is 0 Å². The number of hydrogen-bond donors (Lipinski definition) is 2. The Bertz CT molecular complexity index is 1230. The van der Waals surface area contributed by atoms with Crippen LogP contribution in [0.2, 0.25) is 0 Å². The van der Waals surface area contributed by atoms with Crippen LogP contribution in [0.3, 0.4) is 0 Å². The number of carbonyl (C=O) groups is 1. The predicted octanol–water partition coefficient (Wildman–Crippen LogP) is 5.81. The predicted molar refractivity (Wildman–Crippen MR) is 123 cm³/mol. The Morgan fingerprint density at radius 1 is 0.900 bits per heavy atom. The SMILES string of the molecule is CC(=O)Nc1ccc2ccccc2c1-c1ccc(C2CC2(N)c2ccccc2)cc1. The maximum atomic E-state index is 11.8. The van der Waals surface area contributed by atoms with E-state index in [1.54, 1.807) is 6.92 Å². The van der Waals surface area contributed by atoms with Crippen LogP contribution in [0.4, 0.5) is 5.69 Å². The minimum atomic E-state index is -0.274. The topological polar surface area (TPSA) is 55.1 Å². The quantitative estimate of drug-likeness (QED) is 0.461. The van der Waals surface area contributed by atoms with Gasteiger partial charge in [-0.1, -0.05) is 84.9 Å². The first kappa shape index (κ1) is 18.6. The van der Waals surface area contributed by atoms with Gasteiger partial charge in [0.2, 0.25) is 5.91 Å². The molecule has 2 unspecified atom stereocenters. The molecule has 1 aliphatic rings.